The molecule has 7 nitrogen and oxygen atoms in total. The highest BCUT2D eigenvalue weighted by atomic mass is 32.2. The smallest absolute Gasteiger partial charge is 0.256 e. The van der Waals surface area contributed by atoms with Gasteiger partial charge in [-0.15, -0.1) is 0 Å². The first-order chi connectivity index (χ1) is 15.2. The number of rotatable bonds is 3. The number of fused-ring (bicyclic) bond motifs is 1. The molecule has 1 aromatic heterocycles. The zero-order valence-corrected chi connectivity index (χ0v) is 19.1. The molecule has 0 spiro atoms. The van der Waals surface area contributed by atoms with Crippen LogP contribution in [0.2, 0.25) is 0 Å². The Hall–Kier alpha value is -3.28. The number of aromatic nitrogens is 1. The normalized spacial score (nSPS) is 17.3. The van der Waals surface area contributed by atoms with Gasteiger partial charge >= 0.3 is 0 Å². The molecule has 164 valence electrons. The Balaban J connectivity index is 1.60. The molecule has 2 aromatic carbocycles. The lowest BCUT2D eigenvalue weighted by molar-refractivity contribution is 0.0593. The van der Waals surface area contributed by atoms with E-state index < -0.39 is 10.0 Å². The van der Waals surface area contributed by atoms with Gasteiger partial charge in [0.25, 0.3) is 5.91 Å². The van der Waals surface area contributed by atoms with Gasteiger partial charge < -0.3 is 4.90 Å². The van der Waals surface area contributed by atoms with Gasteiger partial charge in [0.2, 0.25) is 10.0 Å². The lowest BCUT2D eigenvalue weighted by Gasteiger charge is -2.39. The minimum absolute atomic E-state index is 0.149. The number of nitrogens with zero attached hydrogens (tertiary/aromatic N) is 4. The third-order valence-electron chi connectivity index (χ3n) is 5.90. The minimum atomic E-state index is -3.76. The van der Waals surface area contributed by atoms with Crippen molar-refractivity contribution >= 4 is 26.8 Å². The topological polar surface area (TPSA) is 94.4 Å². The number of hydrogen-bond acceptors (Lipinski definition) is 5. The fourth-order valence-corrected chi connectivity index (χ4v) is 6.35. The monoisotopic (exact) mass is 448 g/mol. The lowest BCUT2D eigenvalue weighted by atomic mass is 10.1. The van der Waals surface area contributed by atoms with Crippen LogP contribution >= 0.6 is 0 Å². The van der Waals surface area contributed by atoms with Crippen LogP contribution in [0.3, 0.4) is 0 Å². The van der Waals surface area contributed by atoms with Crippen molar-refractivity contribution in [3.63, 3.8) is 0 Å². The summed E-state index contributed by atoms with van der Waals surface area (Å²) in [6, 6.07) is 14.2. The summed E-state index contributed by atoms with van der Waals surface area (Å²) in [7, 11) is -3.76. The summed E-state index contributed by atoms with van der Waals surface area (Å²) in [6.45, 7) is 5.96. The first-order valence-electron chi connectivity index (χ1n) is 10.4. The Kier molecular flexibility index (Phi) is 5.71. The Morgan fingerprint density at radius 1 is 1.12 bits per heavy atom. The molecule has 1 unspecified atom stereocenters. The second kappa shape index (κ2) is 8.34. The van der Waals surface area contributed by atoms with Gasteiger partial charge in [0.1, 0.15) is 0 Å². The van der Waals surface area contributed by atoms with Crippen LogP contribution < -0.4 is 0 Å². The summed E-state index contributed by atoms with van der Waals surface area (Å²) in [5, 5.41) is 10.0. The van der Waals surface area contributed by atoms with Gasteiger partial charge in [-0.05, 0) is 56.2 Å². The zero-order valence-electron chi connectivity index (χ0n) is 18.2. The Bertz CT molecular complexity index is 1330. The van der Waals surface area contributed by atoms with E-state index in [4.69, 9.17) is 5.26 Å². The molecule has 1 saturated heterocycles. The molecule has 3 aromatic rings. The summed E-state index contributed by atoms with van der Waals surface area (Å²) in [4.78, 5) is 19.6. The first-order valence-corrected chi connectivity index (χ1v) is 11.8. The number of carbonyl (C=O) groups excluding carboxylic acids is 1. The van der Waals surface area contributed by atoms with Crippen LogP contribution in [0.15, 0.2) is 53.6 Å². The van der Waals surface area contributed by atoms with Crippen LogP contribution in [0.25, 0.3) is 10.9 Å². The van der Waals surface area contributed by atoms with E-state index in [9.17, 15) is 13.2 Å². The van der Waals surface area contributed by atoms with Crippen molar-refractivity contribution in [2.75, 3.05) is 19.6 Å². The van der Waals surface area contributed by atoms with E-state index in [1.54, 1.807) is 43.1 Å². The van der Waals surface area contributed by atoms with E-state index in [-0.39, 0.29) is 36.5 Å². The summed E-state index contributed by atoms with van der Waals surface area (Å²) < 4.78 is 28.3. The number of hydrogen-bond donors (Lipinski definition) is 0. The molecule has 1 amide bonds. The molecule has 4 rings (SSSR count). The highest BCUT2D eigenvalue weighted by Crippen LogP contribution is 2.28. The molecular formula is C24H24N4O3S. The number of sulfonamides is 1. The van der Waals surface area contributed by atoms with E-state index in [1.807, 2.05) is 31.2 Å². The summed E-state index contributed by atoms with van der Waals surface area (Å²) in [5.41, 5.74) is 2.70. The molecule has 0 saturated carbocycles. The highest BCUT2D eigenvalue weighted by molar-refractivity contribution is 7.89. The Morgan fingerprint density at radius 3 is 2.47 bits per heavy atom. The Labute approximate surface area is 188 Å². The maximum Gasteiger partial charge on any atom is 0.256 e. The highest BCUT2D eigenvalue weighted by Gasteiger charge is 2.36. The molecule has 1 aliphatic rings. The number of pyridine rings is 1. The van der Waals surface area contributed by atoms with Gasteiger partial charge in [0.05, 0.1) is 27.6 Å². The van der Waals surface area contributed by atoms with Crippen molar-refractivity contribution in [1.29, 1.82) is 5.26 Å². The van der Waals surface area contributed by atoms with Crippen LogP contribution in [0.5, 0.6) is 0 Å². The quantitative estimate of drug-likeness (QED) is 0.613. The predicted octanol–water partition coefficient (Wildman–Crippen LogP) is 3.26. The van der Waals surface area contributed by atoms with Gasteiger partial charge in [0, 0.05) is 37.3 Å². The molecule has 32 heavy (non-hydrogen) atoms. The number of amides is 1. The molecule has 1 atom stereocenters. The second-order valence-electron chi connectivity index (χ2n) is 8.14. The third-order valence-corrected chi connectivity index (χ3v) is 8.07. The lowest BCUT2D eigenvalue weighted by Crippen LogP contribution is -2.55. The number of benzene rings is 2. The first kappa shape index (κ1) is 21.9. The van der Waals surface area contributed by atoms with E-state index in [0.29, 0.717) is 27.8 Å². The van der Waals surface area contributed by atoms with E-state index in [2.05, 4.69) is 11.1 Å². The Morgan fingerprint density at radius 2 is 1.81 bits per heavy atom. The van der Waals surface area contributed by atoms with Crippen molar-refractivity contribution < 1.29 is 13.2 Å². The van der Waals surface area contributed by atoms with Gasteiger partial charge in [-0.1, -0.05) is 18.2 Å². The fraction of sp³-hybridized carbons (Fsp3) is 0.292. The largest absolute Gasteiger partial charge is 0.333 e. The number of aryl methyl sites for hydroxylation is 2. The van der Waals surface area contributed by atoms with Crippen LogP contribution in [-0.4, -0.2) is 54.2 Å². The number of para-hydroxylation sites is 1. The van der Waals surface area contributed by atoms with Crippen molar-refractivity contribution in [2.45, 2.75) is 31.7 Å². The maximum absolute atomic E-state index is 13.4. The predicted molar refractivity (Wildman–Crippen MR) is 122 cm³/mol. The van der Waals surface area contributed by atoms with Crippen molar-refractivity contribution in [1.82, 2.24) is 14.2 Å². The fourth-order valence-electron chi connectivity index (χ4n) is 4.43. The van der Waals surface area contributed by atoms with Gasteiger partial charge in [0.15, 0.2) is 0 Å². The SMILES string of the molecule is Cc1cc(C#N)cc(C)c1S(=O)(=O)N1CCN(C(=O)c2cccc3cccnc23)C(C)C1. The number of carbonyl (C=O) groups is 1. The van der Waals surface area contributed by atoms with Gasteiger partial charge in [-0.25, -0.2) is 8.42 Å². The van der Waals surface area contributed by atoms with Crippen molar-refractivity contribution in [2.24, 2.45) is 0 Å². The number of piperazine rings is 1. The molecule has 8 heteroatoms. The summed E-state index contributed by atoms with van der Waals surface area (Å²) in [5.74, 6) is -0.149. The summed E-state index contributed by atoms with van der Waals surface area (Å²) >= 11 is 0. The van der Waals surface area contributed by atoms with E-state index in [1.165, 1.54) is 4.31 Å². The third kappa shape index (κ3) is 3.74. The number of nitriles is 1. The standard InChI is InChI=1S/C24H24N4O3S/c1-16-12-19(14-25)13-17(2)23(16)32(30,31)27-10-11-28(18(3)15-27)24(29)21-8-4-6-20-7-5-9-26-22(20)21/h4-9,12-13,18H,10-11,15H2,1-3H3. The molecule has 1 fully saturated rings. The molecule has 0 aliphatic carbocycles. The average Bonchev–Trinajstić information content (AvgIpc) is 2.77. The zero-order chi connectivity index (χ0) is 23.0. The minimum Gasteiger partial charge on any atom is -0.333 e. The van der Waals surface area contributed by atoms with Gasteiger partial charge in [-0.3, -0.25) is 9.78 Å². The van der Waals surface area contributed by atoms with Crippen LogP contribution in [-0.2, 0) is 10.0 Å². The van der Waals surface area contributed by atoms with Crippen LogP contribution in [0.4, 0.5) is 0 Å². The van der Waals surface area contributed by atoms with E-state index in [0.717, 1.165) is 5.39 Å². The summed E-state index contributed by atoms with van der Waals surface area (Å²) in [6.07, 6.45) is 1.66. The maximum atomic E-state index is 13.4. The molecule has 1 aliphatic heterocycles. The van der Waals surface area contributed by atoms with Gasteiger partial charge in [-0.2, -0.15) is 9.57 Å². The second-order valence-corrected chi connectivity index (χ2v) is 10.0. The molecule has 0 bridgehead atoms. The van der Waals surface area contributed by atoms with Crippen LogP contribution in [0, 0.1) is 25.2 Å². The average molecular weight is 449 g/mol. The van der Waals surface area contributed by atoms with Crippen LogP contribution in [0.1, 0.15) is 34.0 Å². The molecule has 0 radical (unpaired) electrons. The molecular weight excluding hydrogens is 424 g/mol. The van der Waals surface area contributed by atoms with E-state index >= 15 is 0 Å². The molecule has 2 heterocycles. The van der Waals surface area contributed by atoms with Crippen molar-refractivity contribution in [3.8, 4) is 6.07 Å². The van der Waals surface area contributed by atoms with Crippen molar-refractivity contribution in [3.05, 3.63) is 70.9 Å². The molecule has 0 N–H and O–H groups in total.